The first-order chi connectivity index (χ1) is 12.7. The van der Waals surface area contributed by atoms with Crippen LogP contribution in [0.3, 0.4) is 0 Å². The Morgan fingerprint density at radius 3 is 3.04 bits per heavy atom. The van der Waals surface area contributed by atoms with Crippen molar-refractivity contribution in [1.29, 1.82) is 0 Å². The molecule has 7 nitrogen and oxygen atoms in total. The predicted octanol–water partition coefficient (Wildman–Crippen LogP) is 1.14. The highest BCUT2D eigenvalue weighted by molar-refractivity contribution is 5.93. The normalized spacial score (nSPS) is 23.3. The third-order valence-electron chi connectivity index (χ3n) is 5.67. The summed E-state index contributed by atoms with van der Waals surface area (Å²) in [6.07, 6.45) is 6.63. The Morgan fingerprint density at radius 2 is 2.19 bits per heavy atom. The second kappa shape index (κ2) is 7.07. The Morgan fingerprint density at radius 1 is 1.31 bits per heavy atom. The molecule has 26 heavy (non-hydrogen) atoms. The van der Waals surface area contributed by atoms with Gasteiger partial charge in [0.15, 0.2) is 0 Å². The number of nitrogens with zero attached hydrogens (tertiary/aromatic N) is 4. The molecule has 4 heterocycles. The summed E-state index contributed by atoms with van der Waals surface area (Å²) < 4.78 is 1.84. The minimum absolute atomic E-state index is 0.0209. The summed E-state index contributed by atoms with van der Waals surface area (Å²) in [5, 5.41) is 0. The zero-order chi connectivity index (χ0) is 18.1. The Labute approximate surface area is 152 Å². The minimum Gasteiger partial charge on any atom is -0.339 e. The fraction of sp³-hybridized carbons (Fsp3) is 0.526. The van der Waals surface area contributed by atoms with Crippen LogP contribution in [0.25, 0.3) is 5.65 Å². The van der Waals surface area contributed by atoms with Gasteiger partial charge in [-0.05, 0) is 43.9 Å². The van der Waals surface area contributed by atoms with Gasteiger partial charge in [0.05, 0.1) is 6.20 Å². The monoisotopic (exact) mass is 355 g/mol. The van der Waals surface area contributed by atoms with E-state index in [1.165, 1.54) is 0 Å². The van der Waals surface area contributed by atoms with E-state index in [0.29, 0.717) is 37.7 Å². The first kappa shape index (κ1) is 17.0. The molecule has 2 amide bonds. The first-order valence-corrected chi connectivity index (χ1v) is 9.40. The highest BCUT2D eigenvalue weighted by Crippen LogP contribution is 2.32. The van der Waals surface area contributed by atoms with Crippen molar-refractivity contribution >= 4 is 17.5 Å². The van der Waals surface area contributed by atoms with Crippen LogP contribution < -0.4 is 5.73 Å². The van der Waals surface area contributed by atoms with Gasteiger partial charge < -0.3 is 15.5 Å². The van der Waals surface area contributed by atoms with Crippen molar-refractivity contribution in [2.45, 2.75) is 31.7 Å². The molecule has 0 unspecified atom stereocenters. The van der Waals surface area contributed by atoms with Gasteiger partial charge in [-0.3, -0.25) is 14.0 Å². The molecule has 0 aromatic carbocycles. The maximum Gasteiger partial charge on any atom is 0.272 e. The lowest BCUT2D eigenvalue weighted by Gasteiger charge is -2.47. The second-order valence-corrected chi connectivity index (χ2v) is 7.21. The summed E-state index contributed by atoms with van der Waals surface area (Å²) in [5.74, 6) is 0.608. The lowest BCUT2D eigenvalue weighted by molar-refractivity contribution is -0.140. The van der Waals surface area contributed by atoms with Crippen LogP contribution in [0, 0.1) is 5.92 Å². The van der Waals surface area contributed by atoms with Gasteiger partial charge in [0.25, 0.3) is 5.91 Å². The number of carbonyl (C=O) groups is 2. The number of hydrogen-bond acceptors (Lipinski definition) is 4. The van der Waals surface area contributed by atoms with Crippen LogP contribution in [0.2, 0.25) is 0 Å². The van der Waals surface area contributed by atoms with Gasteiger partial charge in [0, 0.05) is 38.3 Å². The van der Waals surface area contributed by atoms with E-state index in [-0.39, 0.29) is 17.9 Å². The molecule has 0 saturated carbocycles. The van der Waals surface area contributed by atoms with Gasteiger partial charge in [-0.2, -0.15) is 0 Å². The molecule has 4 rings (SSSR count). The largest absolute Gasteiger partial charge is 0.339 e. The second-order valence-electron chi connectivity index (χ2n) is 7.21. The van der Waals surface area contributed by atoms with Crippen molar-refractivity contribution in [2.75, 3.05) is 26.2 Å². The smallest absolute Gasteiger partial charge is 0.272 e. The van der Waals surface area contributed by atoms with E-state index in [0.717, 1.165) is 31.5 Å². The molecule has 2 aromatic rings. The van der Waals surface area contributed by atoms with E-state index >= 15 is 0 Å². The average molecular weight is 355 g/mol. The molecule has 2 aliphatic heterocycles. The number of rotatable bonds is 4. The molecular weight excluding hydrogens is 330 g/mol. The zero-order valence-electron chi connectivity index (χ0n) is 14.9. The quantitative estimate of drug-likeness (QED) is 0.891. The van der Waals surface area contributed by atoms with Crippen LogP contribution in [0.15, 0.2) is 30.6 Å². The Hall–Kier alpha value is -2.41. The van der Waals surface area contributed by atoms with E-state index in [2.05, 4.69) is 4.98 Å². The topological polar surface area (TPSA) is 83.9 Å². The number of amides is 2. The minimum atomic E-state index is 0.0209. The van der Waals surface area contributed by atoms with E-state index in [4.69, 9.17) is 5.73 Å². The molecule has 2 aromatic heterocycles. The molecule has 7 heteroatoms. The zero-order valence-corrected chi connectivity index (χ0v) is 14.9. The van der Waals surface area contributed by atoms with Crippen LogP contribution in [-0.2, 0) is 4.79 Å². The molecule has 2 aliphatic rings. The fourth-order valence-electron chi connectivity index (χ4n) is 4.34. The van der Waals surface area contributed by atoms with Crippen LogP contribution in [0.1, 0.15) is 36.2 Å². The third-order valence-corrected chi connectivity index (χ3v) is 5.67. The summed E-state index contributed by atoms with van der Waals surface area (Å²) in [4.78, 5) is 33.6. The number of nitrogens with two attached hydrogens (primary N) is 1. The van der Waals surface area contributed by atoms with E-state index < -0.39 is 0 Å². The molecular formula is C19H25N5O2. The van der Waals surface area contributed by atoms with Crippen molar-refractivity contribution in [3.8, 4) is 0 Å². The summed E-state index contributed by atoms with van der Waals surface area (Å²) in [6.45, 7) is 2.71. The maximum atomic E-state index is 13.0. The van der Waals surface area contributed by atoms with E-state index in [1.54, 1.807) is 6.20 Å². The lowest BCUT2D eigenvalue weighted by Crippen LogP contribution is -2.57. The van der Waals surface area contributed by atoms with Crippen LogP contribution >= 0.6 is 0 Å². The Balaban J connectivity index is 1.49. The van der Waals surface area contributed by atoms with Gasteiger partial charge in [-0.25, -0.2) is 4.98 Å². The number of fused-ring (bicyclic) bond motifs is 2. The van der Waals surface area contributed by atoms with Crippen LogP contribution in [-0.4, -0.2) is 63.2 Å². The lowest BCUT2D eigenvalue weighted by atomic mass is 9.83. The fourth-order valence-corrected chi connectivity index (χ4v) is 4.34. The molecule has 0 bridgehead atoms. The SMILES string of the molecule is NCCCN1C(=O)CC[C@H]2CN(C(=O)c3cnc4ccccn34)CC[C@H]21. The van der Waals surface area contributed by atoms with Crippen molar-refractivity contribution in [2.24, 2.45) is 11.7 Å². The number of carbonyl (C=O) groups excluding carboxylic acids is 2. The summed E-state index contributed by atoms with van der Waals surface area (Å²) >= 11 is 0. The summed E-state index contributed by atoms with van der Waals surface area (Å²) in [7, 11) is 0. The number of hydrogen-bond donors (Lipinski definition) is 1. The first-order valence-electron chi connectivity index (χ1n) is 9.40. The Bertz CT molecular complexity index is 817. The maximum absolute atomic E-state index is 13.0. The van der Waals surface area contributed by atoms with Gasteiger partial charge >= 0.3 is 0 Å². The van der Waals surface area contributed by atoms with E-state index in [9.17, 15) is 9.59 Å². The molecule has 138 valence electrons. The molecule has 0 spiro atoms. The highest BCUT2D eigenvalue weighted by Gasteiger charge is 2.40. The molecule has 2 saturated heterocycles. The number of pyridine rings is 1. The number of likely N-dealkylation sites (tertiary alicyclic amines) is 2. The third kappa shape index (κ3) is 2.96. The van der Waals surface area contributed by atoms with Gasteiger partial charge in [0.1, 0.15) is 11.3 Å². The van der Waals surface area contributed by atoms with Crippen LogP contribution in [0.4, 0.5) is 0 Å². The summed E-state index contributed by atoms with van der Waals surface area (Å²) in [5.41, 5.74) is 7.00. The van der Waals surface area contributed by atoms with Crippen molar-refractivity contribution in [3.63, 3.8) is 0 Å². The summed E-state index contributed by atoms with van der Waals surface area (Å²) in [6, 6.07) is 5.95. The van der Waals surface area contributed by atoms with Crippen LogP contribution in [0.5, 0.6) is 0 Å². The molecule has 2 fully saturated rings. The Kier molecular flexibility index (Phi) is 4.63. The molecule has 0 aliphatic carbocycles. The number of imidazole rings is 1. The predicted molar refractivity (Wildman–Crippen MR) is 97.6 cm³/mol. The van der Waals surface area contributed by atoms with Crippen molar-refractivity contribution in [1.82, 2.24) is 19.2 Å². The standard InChI is InChI=1S/C19H25N5O2/c20-8-3-10-24-15-7-11-22(13-14(15)5-6-18(24)25)19(26)16-12-21-17-4-1-2-9-23(16)17/h1-2,4,9,12,14-15H,3,5-8,10-11,13,20H2/t14-,15+/m0/s1. The van der Waals surface area contributed by atoms with Gasteiger partial charge in [0.2, 0.25) is 5.91 Å². The van der Waals surface area contributed by atoms with Gasteiger partial charge in [-0.1, -0.05) is 6.07 Å². The van der Waals surface area contributed by atoms with Crippen molar-refractivity contribution < 1.29 is 9.59 Å². The molecule has 2 atom stereocenters. The van der Waals surface area contributed by atoms with E-state index in [1.807, 2.05) is 38.6 Å². The average Bonchev–Trinajstić information content (AvgIpc) is 3.10. The number of piperidine rings is 2. The molecule has 0 radical (unpaired) electrons. The van der Waals surface area contributed by atoms with Crippen molar-refractivity contribution in [3.05, 3.63) is 36.3 Å². The van der Waals surface area contributed by atoms with Gasteiger partial charge in [-0.15, -0.1) is 0 Å². The molecule has 2 N–H and O–H groups in total. The highest BCUT2D eigenvalue weighted by atomic mass is 16.2. The number of aromatic nitrogens is 2.